The van der Waals surface area contributed by atoms with E-state index in [2.05, 4.69) is 26.9 Å². The fourth-order valence-electron chi connectivity index (χ4n) is 2.04. The van der Waals surface area contributed by atoms with Crippen LogP contribution in [0.5, 0.6) is 0 Å². The molecule has 0 amide bonds. The number of rotatable bonds is 3. The maximum atomic E-state index is 6.07. The molecule has 16 heavy (non-hydrogen) atoms. The molecular formula is C12H15BrClNO. The van der Waals surface area contributed by atoms with Crippen LogP contribution in [0.15, 0.2) is 22.7 Å². The SMILES string of the molecule is CO[C@@H]1CCN(Cc2cccc(Cl)c2Br)C1. The third-order valence-corrected chi connectivity index (χ3v) is 4.47. The van der Waals surface area contributed by atoms with E-state index in [-0.39, 0.29) is 0 Å². The van der Waals surface area contributed by atoms with Crippen LogP contribution < -0.4 is 0 Å². The molecule has 1 atom stereocenters. The van der Waals surface area contributed by atoms with Gasteiger partial charge in [-0.05, 0) is 34.0 Å². The van der Waals surface area contributed by atoms with Crippen molar-refractivity contribution in [3.63, 3.8) is 0 Å². The van der Waals surface area contributed by atoms with Crippen LogP contribution in [0.2, 0.25) is 5.02 Å². The average Bonchev–Trinajstić information content (AvgIpc) is 2.73. The minimum atomic E-state index is 0.387. The molecule has 2 nitrogen and oxygen atoms in total. The van der Waals surface area contributed by atoms with Crippen LogP contribution in [0.25, 0.3) is 0 Å². The van der Waals surface area contributed by atoms with E-state index < -0.39 is 0 Å². The minimum absolute atomic E-state index is 0.387. The molecule has 0 aromatic heterocycles. The Morgan fingerprint density at radius 3 is 3.06 bits per heavy atom. The van der Waals surface area contributed by atoms with Gasteiger partial charge in [-0.2, -0.15) is 0 Å². The van der Waals surface area contributed by atoms with Crippen molar-refractivity contribution >= 4 is 27.5 Å². The van der Waals surface area contributed by atoms with Crippen molar-refractivity contribution in [3.8, 4) is 0 Å². The Morgan fingerprint density at radius 2 is 2.38 bits per heavy atom. The van der Waals surface area contributed by atoms with Gasteiger partial charge in [-0.1, -0.05) is 23.7 Å². The van der Waals surface area contributed by atoms with E-state index in [1.165, 1.54) is 5.56 Å². The molecule has 0 radical (unpaired) electrons. The molecule has 0 aliphatic carbocycles. The van der Waals surface area contributed by atoms with Gasteiger partial charge in [0.1, 0.15) is 0 Å². The van der Waals surface area contributed by atoms with Gasteiger partial charge in [0.05, 0.1) is 11.1 Å². The molecule has 1 saturated heterocycles. The lowest BCUT2D eigenvalue weighted by molar-refractivity contribution is 0.107. The van der Waals surface area contributed by atoms with Crippen LogP contribution in [0.1, 0.15) is 12.0 Å². The maximum Gasteiger partial charge on any atom is 0.0710 e. The van der Waals surface area contributed by atoms with E-state index in [0.29, 0.717) is 6.10 Å². The highest BCUT2D eigenvalue weighted by Crippen LogP contribution is 2.28. The van der Waals surface area contributed by atoms with Gasteiger partial charge in [0.25, 0.3) is 0 Å². The lowest BCUT2D eigenvalue weighted by Gasteiger charge is -2.16. The van der Waals surface area contributed by atoms with Crippen LogP contribution in [0.4, 0.5) is 0 Å². The normalized spacial score (nSPS) is 21.6. The standard InChI is InChI=1S/C12H15BrClNO/c1-16-10-5-6-15(8-10)7-9-3-2-4-11(14)12(9)13/h2-4,10H,5-8H2,1H3/t10-/m1/s1. The molecule has 1 fully saturated rings. The van der Waals surface area contributed by atoms with Crippen molar-refractivity contribution in [3.05, 3.63) is 33.3 Å². The number of hydrogen-bond donors (Lipinski definition) is 0. The van der Waals surface area contributed by atoms with Gasteiger partial charge in [0.15, 0.2) is 0 Å². The van der Waals surface area contributed by atoms with Crippen LogP contribution in [0, 0.1) is 0 Å². The topological polar surface area (TPSA) is 12.5 Å². The summed E-state index contributed by atoms with van der Waals surface area (Å²) < 4.78 is 6.37. The summed E-state index contributed by atoms with van der Waals surface area (Å²) >= 11 is 9.59. The Morgan fingerprint density at radius 1 is 1.56 bits per heavy atom. The Bertz CT molecular complexity index is 372. The van der Waals surface area contributed by atoms with Crippen LogP contribution in [-0.4, -0.2) is 31.2 Å². The number of methoxy groups -OCH3 is 1. The molecule has 4 heteroatoms. The number of ether oxygens (including phenoxy) is 1. The predicted molar refractivity (Wildman–Crippen MR) is 69.8 cm³/mol. The van der Waals surface area contributed by atoms with Gasteiger partial charge >= 0.3 is 0 Å². The lowest BCUT2D eigenvalue weighted by atomic mass is 10.2. The van der Waals surface area contributed by atoms with Crippen LogP contribution >= 0.6 is 27.5 Å². The molecule has 1 aromatic rings. The van der Waals surface area contributed by atoms with Gasteiger partial charge in [-0.3, -0.25) is 4.90 Å². The summed E-state index contributed by atoms with van der Waals surface area (Å²) in [5.74, 6) is 0. The van der Waals surface area contributed by atoms with Gasteiger partial charge in [-0.15, -0.1) is 0 Å². The zero-order valence-electron chi connectivity index (χ0n) is 9.25. The fourth-order valence-corrected chi connectivity index (χ4v) is 2.63. The number of halogens is 2. The first kappa shape index (κ1) is 12.4. The number of benzene rings is 1. The number of likely N-dealkylation sites (tertiary alicyclic amines) is 1. The Hall–Kier alpha value is -0.0900. The molecule has 1 aromatic carbocycles. The molecule has 0 unspecified atom stereocenters. The van der Waals surface area contributed by atoms with E-state index in [9.17, 15) is 0 Å². The molecule has 1 aliphatic heterocycles. The van der Waals surface area contributed by atoms with Gasteiger partial charge in [0.2, 0.25) is 0 Å². The largest absolute Gasteiger partial charge is 0.380 e. The molecule has 0 spiro atoms. The highest BCUT2D eigenvalue weighted by Gasteiger charge is 2.22. The quantitative estimate of drug-likeness (QED) is 0.849. The third kappa shape index (κ3) is 2.77. The van der Waals surface area contributed by atoms with Crippen molar-refractivity contribution in [1.82, 2.24) is 4.90 Å². The summed E-state index contributed by atoms with van der Waals surface area (Å²) in [5.41, 5.74) is 1.24. The predicted octanol–water partition coefficient (Wildman–Crippen LogP) is 3.32. The number of hydrogen-bond acceptors (Lipinski definition) is 2. The second-order valence-corrected chi connectivity index (χ2v) is 5.29. The summed E-state index contributed by atoms with van der Waals surface area (Å²) in [4.78, 5) is 2.39. The first-order chi connectivity index (χ1) is 7.70. The smallest absolute Gasteiger partial charge is 0.0710 e. The summed E-state index contributed by atoms with van der Waals surface area (Å²) in [6.45, 7) is 3.04. The molecule has 1 heterocycles. The first-order valence-corrected chi connectivity index (χ1v) is 6.56. The maximum absolute atomic E-state index is 6.07. The lowest BCUT2D eigenvalue weighted by Crippen LogP contribution is -2.22. The van der Waals surface area contributed by atoms with E-state index in [1.54, 1.807) is 7.11 Å². The van der Waals surface area contributed by atoms with Crippen LogP contribution in [0.3, 0.4) is 0 Å². The zero-order chi connectivity index (χ0) is 11.5. The molecule has 1 aliphatic rings. The molecule has 88 valence electrons. The van der Waals surface area contributed by atoms with Crippen molar-refractivity contribution in [1.29, 1.82) is 0 Å². The highest BCUT2D eigenvalue weighted by molar-refractivity contribution is 9.10. The van der Waals surface area contributed by atoms with E-state index in [4.69, 9.17) is 16.3 Å². The zero-order valence-corrected chi connectivity index (χ0v) is 11.6. The van der Waals surface area contributed by atoms with Crippen molar-refractivity contribution in [2.75, 3.05) is 20.2 Å². The summed E-state index contributed by atoms with van der Waals surface area (Å²) in [5, 5.41) is 0.778. The Labute approximate surface area is 110 Å². The van der Waals surface area contributed by atoms with Crippen molar-refractivity contribution < 1.29 is 4.74 Å². The van der Waals surface area contributed by atoms with Gasteiger partial charge in [-0.25, -0.2) is 0 Å². The minimum Gasteiger partial charge on any atom is -0.380 e. The Kier molecular flexibility index (Phi) is 4.25. The summed E-state index contributed by atoms with van der Waals surface area (Å²) in [7, 11) is 1.78. The number of nitrogens with zero attached hydrogens (tertiary/aromatic N) is 1. The summed E-state index contributed by atoms with van der Waals surface area (Å²) in [6.07, 6.45) is 1.51. The first-order valence-electron chi connectivity index (χ1n) is 5.38. The molecular weight excluding hydrogens is 289 g/mol. The summed E-state index contributed by atoms with van der Waals surface area (Å²) in [6, 6.07) is 6.00. The van der Waals surface area contributed by atoms with Crippen LogP contribution in [-0.2, 0) is 11.3 Å². The molecule has 0 bridgehead atoms. The van der Waals surface area contributed by atoms with E-state index in [0.717, 1.165) is 35.6 Å². The van der Waals surface area contributed by atoms with E-state index in [1.807, 2.05) is 12.1 Å². The Balaban J connectivity index is 2.02. The second-order valence-electron chi connectivity index (χ2n) is 4.09. The van der Waals surface area contributed by atoms with Gasteiger partial charge < -0.3 is 4.74 Å². The molecule has 0 saturated carbocycles. The monoisotopic (exact) mass is 303 g/mol. The van der Waals surface area contributed by atoms with Crippen molar-refractivity contribution in [2.45, 2.75) is 19.1 Å². The van der Waals surface area contributed by atoms with Gasteiger partial charge in [0, 0.05) is 31.2 Å². The highest BCUT2D eigenvalue weighted by atomic mass is 79.9. The van der Waals surface area contributed by atoms with E-state index >= 15 is 0 Å². The fraction of sp³-hybridized carbons (Fsp3) is 0.500. The average molecular weight is 305 g/mol. The molecule has 0 N–H and O–H groups in total. The molecule has 2 rings (SSSR count). The van der Waals surface area contributed by atoms with Crippen molar-refractivity contribution in [2.24, 2.45) is 0 Å². The second kappa shape index (κ2) is 5.50. The third-order valence-electron chi connectivity index (χ3n) is 2.99.